The number of allylic oxidation sites excluding steroid dienone is 1. The lowest BCUT2D eigenvalue weighted by atomic mass is 9.84. The van der Waals surface area contributed by atoms with Crippen LogP contribution in [0.5, 0.6) is 0 Å². The number of ether oxygens (including phenoxy) is 1. The molecule has 6 heteroatoms. The molecule has 0 spiro atoms. The lowest BCUT2D eigenvalue weighted by molar-refractivity contribution is -0.139. The highest BCUT2D eigenvalue weighted by Gasteiger charge is 2.32. The molecule has 2 rings (SSSR count). The summed E-state index contributed by atoms with van der Waals surface area (Å²) >= 11 is 12.0. The van der Waals surface area contributed by atoms with E-state index in [-0.39, 0.29) is 18.9 Å². The molecule has 0 radical (unpaired) electrons. The van der Waals surface area contributed by atoms with E-state index in [1.807, 2.05) is 0 Å². The first-order valence-corrected chi connectivity index (χ1v) is 7.31. The summed E-state index contributed by atoms with van der Waals surface area (Å²) < 4.78 is 5.09. The van der Waals surface area contributed by atoms with Crippen LogP contribution in [-0.2, 0) is 14.3 Å². The van der Waals surface area contributed by atoms with E-state index in [2.05, 4.69) is 5.32 Å². The molecule has 1 aromatic carbocycles. The molecular weight excluding hydrogens is 313 g/mol. The van der Waals surface area contributed by atoms with Crippen LogP contribution >= 0.6 is 23.2 Å². The highest BCUT2D eigenvalue weighted by atomic mass is 35.5. The fourth-order valence-electron chi connectivity index (χ4n) is 2.44. The van der Waals surface area contributed by atoms with Gasteiger partial charge in [-0.15, -0.1) is 0 Å². The molecular formula is C15H15Cl2NO3. The molecule has 112 valence electrons. The number of amides is 1. The Balaban J connectivity index is 2.49. The third kappa shape index (κ3) is 3.57. The second kappa shape index (κ2) is 6.50. The summed E-state index contributed by atoms with van der Waals surface area (Å²) in [7, 11) is 0. The third-order valence-electron chi connectivity index (χ3n) is 3.25. The third-order valence-corrected chi connectivity index (χ3v) is 3.69. The fourth-order valence-corrected chi connectivity index (χ4v) is 2.98. The minimum absolute atomic E-state index is 0.151. The van der Waals surface area contributed by atoms with Crippen molar-refractivity contribution >= 4 is 35.1 Å². The van der Waals surface area contributed by atoms with Crippen molar-refractivity contribution in [3.8, 4) is 0 Å². The van der Waals surface area contributed by atoms with Crippen LogP contribution in [0.4, 0.5) is 0 Å². The summed E-state index contributed by atoms with van der Waals surface area (Å²) in [5.41, 5.74) is 1.67. The van der Waals surface area contributed by atoms with E-state index in [1.54, 1.807) is 32.0 Å². The second-order valence-corrected chi connectivity index (χ2v) is 5.64. The van der Waals surface area contributed by atoms with Crippen molar-refractivity contribution in [2.75, 3.05) is 6.61 Å². The first kappa shape index (κ1) is 15.9. The summed E-state index contributed by atoms with van der Waals surface area (Å²) in [6.07, 6.45) is 0.155. The van der Waals surface area contributed by atoms with Gasteiger partial charge in [-0.1, -0.05) is 23.2 Å². The van der Waals surface area contributed by atoms with E-state index in [1.165, 1.54) is 0 Å². The minimum Gasteiger partial charge on any atom is -0.463 e. The molecule has 1 unspecified atom stereocenters. The molecule has 1 amide bonds. The molecule has 0 saturated carbocycles. The normalized spacial score (nSPS) is 18.5. The number of hydrogen-bond acceptors (Lipinski definition) is 3. The monoisotopic (exact) mass is 327 g/mol. The molecule has 1 aromatic rings. The maximum Gasteiger partial charge on any atom is 0.336 e. The van der Waals surface area contributed by atoms with Gasteiger partial charge < -0.3 is 10.1 Å². The smallest absolute Gasteiger partial charge is 0.336 e. The average Bonchev–Trinajstić information content (AvgIpc) is 2.36. The van der Waals surface area contributed by atoms with Crippen molar-refractivity contribution in [1.82, 2.24) is 5.32 Å². The van der Waals surface area contributed by atoms with Gasteiger partial charge in [0.05, 0.1) is 12.2 Å². The van der Waals surface area contributed by atoms with Crippen LogP contribution in [0.25, 0.3) is 0 Å². The highest BCUT2D eigenvalue weighted by Crippen LogP contribution is 2.35. The molecule has 1 atom stereocenters. The number of benzene rings is 1. The lowest BCUT2D eigenvalue weighted by Gasteiger charge is -2.26. The van der Waals surface area contributed by atoms with Crippen LogP contribution in [0.3, 0.4) is 0 Å². The molecule has 0 aromatic heterocycles. The van der Waals surface area contributed by atoms with Crippen molar-refractivity contribution in [3.63, 3.8) is 0 Å². The largest absolute Gasteiger partial charge is 0.463 e. The van der Waals surface area contributed by atoms with Crippen LogP contribution in [0, 0.1) is 0 Å². The van der Waals surface area contributed by atoms with E-state index >= 15 is 0 Å². The second-order valence-electron chi connectivity index (χ2n) is 4.77. The maximum absolute atomic E-state index is 12.2. The number of nitrogens with one attached hydrogen (secondary N) is 1. The number of esters is 1. The average molecular weight is 328 g/mol. The zero-order valence-electron chi connectivity index (χ0n) is 11.7. The number of carbonyl (C=O) groups is 2. The Morgan fingerprint density at radius 3 is 2.52 bits per heavy atom. The van der Waals surface area contributed by atoms with E-state index in [9.17, 15) is 9.59 Å². The number of halogens is 2. The van der Waals surface area contributed by atoms with E-state index < -0.39 is 11.9 Å². The van der Waals surface area contributed by atoms with Crippen LogP contribution in [0.1, 0.15) is 31.7 Å². The van der Waals surface area contributed by atoms with Gasteiger partial charge in [-0.3, -0.25) is 4.79 Å². The topological polar surface area (TPSA) is 55.4 Å². The molecule has 1 aliphatic rings. The molecule has 0 aliphatic carbocycles. The summed E-state index contributed by atoms with van der Waals surface area (Å²) in [4.78, 5) is 24.0. The Kier molecular flexibility index (Phi) is 4.91. The molecule has 1 N–H and O–H groups in total. The summed E-state index contributed by atoms with van der Waals surface area (Å²) in [5, 5.41) is 3.60. The van der Waals surface area contributed by atoms with Crippen molar-refractivity contribution in [2.24, 2.45) is 0 Å². The molecule has 0 saturated heterocycles. The summed E-state index contributed by atoms with van der Waals surface area (Å²) in [6, 6.07) is 5.03. The Bertz CT molecular complexity index is 605. The number of rotatable bonds is 3. The Labute approximate surface area is 133 Å². The van der Waals surface area contributed by atoms with Gasteiger partial charge in [-0.2, -0.15) is 0 Å². The maximum atomic E-state index is 12.2. The van der Waals surface area contributed by atoms with Crippen molar-refractivity contribution in [2.45, 2.75) is 26.2 Å². The number of hydrogen-bond donors (Lipinski definition) is 1. The van der Waals surface area contributed by atoms with Gasteiger partial charge in [-0.05, 0) is 37.6 Å². The predicted octanol–water partition coefficient (Wildman–Crippen LogP) is 3.43. The fraction of sp³-hybridized carbons (Fsp3) is 0.333. The SMILES string of the molecule is CCOC(=O)C1=C(C)NC(=O)CC1c1cc(Cl)cc(Cl)c1. The van der Waals surface area contributed by atoms with E-state index in [0.717, 1.165) is 5.56 Å². The van der Waals surface area contributed by atoms with Gasteiger partial charge in [0.2, 0.25) is 5.91 Å². The van der Waals surface area contributed by atoms with Crippen LogP contribution in [0.15, 0.2) is 29.5 Å². The molecule has 4 nitrogen and oxygen atoms in total. The first-order valence-electron chi connectivity index (χ1n) is 6.56. The molecule has 1 aliphatic heterocycles. The molecule has 0 fully saturated rings. The standard InChI is InChI=1S/C15H15Cl2NO3/c1-3-21-15(20)14-8(2)18-13(19)7-12(14)9-4-10(16)6-11(17)5-9/h4-6,12H,3,7H2,1-2H3,(H,18,19). The highest BCUT2D eigenvalue weighted by molar-refractivity contribution is 6.34. The van der Waals surface area contributed by atoms with Gasteiger partial charge in [0.1, 0.15) is 0 Å². The zero-order valence-corrected chi connectivity index (χ0v) is 13.2. The number of carbonyl (C=O) groups excluding carboxylic acids is 2. The van der Waals surface area contributed by atoms with Crippen molar-refractivity contribution in [1.29, 1.82) is 0 Å². The van der Waals surface area contributed by atoms with Gasteiger partial charge in [0.15, 0.2) is 0 Å². The van der Waals surface area contributed by atoms with Crippen molar-refractivity contribution < 1.29 is 14.3 Å². The summed E-state index contributed by atoms with van der Waals surface area (Å²) in [5.74, 6) is -0.994. The molecule has 1 heterocycles. The lowest BCUT2D eigenvalue weighted by Crippen LogP contribution is -2.34. The van der Waals surface area contributed by atoms with Crippen LogP contribution in [0.2, 0.25) is 10.0 Å². The van der Waals surface area contributed by atoms with Crippen LogP contribution in [-0.4, -0.2) is 18.5 Å². The first-order chi connectivity index (χ1) is 9.92. The van der Waals surface area contributed by atoms with Gasteiger partial charge in [-0.25, -0.2) is 4.79 Å². The minimum atomic E-state index is -0.434. The zero-order chi connectivity index (χ0) is 15.6. The molecule has 21 heavy (non-hydrogen) atoms. The van der Waals surface area contributed by atoms with Crippen LogP contribution < -0.4 is 5.32 Å². The van der Waals surface area contributed by atoms with E-state index in [0.29, 0.717) is 21.3 Å². The van der Waals surface area contributed by atoms with Gasteiger partial charge in [0.25, 0.3) is 0 Å². The Morgan fingerprint density at radius 1 is 1.33 bits per heavy atom. The Morgan fingerprint density at radius 2 is 1.95 bits per heavy atom. The summed E-state index contributed by atoms with van der Waals surface area (Å²) in [6.45, 7) is 3.69. The predicted molar refractivity (Wildman–Crippen MR) is 81.3 cm³/mol. The van der Waals surface area contributed by atoms with Gasteiger partial charge >= 0.3 is 5.97 Å². The quantitative estimate of drug-likeness (QED) is 0.865. The molecule has 0 bridgehead atoms. The van der Waals surface area contributed by atoms with E-state index in [4.69, 9.17) is 27.9 Å². The Hall–Kier alpha value is -1.52. The van der Waals surface area contributed by atoms with Crippen molar-refractivity contribution in [3.05, 3.63) is 45.1 Å². The van der Waals surface area contributed by atoms with Gasteiger partial charge in [0, 0.05) is 28.1 Å².